The van der Waals surface area contributed by atoms with E-state index in [1.54, 1.807) is 11.3 Å². The van der Waals surface area contributed by atoms with Crippen LogP contribution in [0.2, 0.25) is 0 Å². The molecule has 18 heavy (non-hydrogen) atoms. The quantitative estimate of drug-likeness (QED) is 0.742. The van der Waals surface area contributed by atoms with Crippen molar-refractivity contribution in [3.05, 3.63) is 22.4 Å². The normalized spacial score (nSPS) is 17.5. The van der Waals surface area contributed by atoms with Gasteiger partial charge in [-0.1, -0.05) is 12.5 Å². The monoisotopic (exact) mass is 267 g/mol. The third kappa shape index (κ3) is 2.93. The van der Waals surface area contributed by atoms with Gasteiger partial charge in [0.1, 0.15) is 0 Å². The minimum Gasteiger partial charge on any atom is -0.469 e. The second-order valence-corrected chi connectivity index (χ2v) is 6.22. The first-order valence-corrected chi connectivity index (χ1v) is 7.34. The van der Waals surface area contributed by atoms with Gasteiger partial charge in [-0.05, 0) is 37.8 Å². The lowest BCUT2D eigenvalue weighted by molar-refractivity contribution is -0.159. The van der Waals surface area contributed by atoms with Crippen molar-refractivity contribution in [2.24, 2.45) is 5.41 Å². The number of nitrogens with zero attached hydrogens (tertiary/aromatic N) is 1. The number of thiophene rings is 1. The van der Waals surface area contributed by atoms with Crippen LogP contribution in [0.5, 0.6) is 0 Å². The van der Waals surface area contributed by atoms with E-state index in [1.807, 2.05) is 0 Å². The van der Waals surface area contributed by atoms with Crippen molar-refractivity contribution in [2.45, 2.75) is 25.7 Å². The molecule has 1 aromatic heterocycles. The number of carbonyl (C=O) groups excluding carboxylic acids is 1. The first kappa shape index (κ1) is 13.6. The zero-order chi connectivity index (χ0) is 13.0. The van der Waals surface area contributed by atoms with E-state index in [0.29, 0.717) is 0 Å². The molecule has 1 fully saturated rings. The predicted molar refractivity (Wildman–Crippen MR) is 73.8 cm³/mol. The first-order chi connectivity index (χ1) is 8.66. The molecule has 0 spiro atoms. The molecule has 0 amide bonds. The van der Waals surface area contributed by atoms with Gasteiger partial charge in [-0.15, -0.1) is 11.3 Å². The number of esters is 1. The van der Waals surface area contributed by atoms with Crippen LogP contribution in [0.25, 0.3) is 0 Å². The SMILES string of the molecule is COC(=O)C1(CN(C)CCc2cccs2)CCC1. The number of ether oxygens (including phenoxy) is 1. The third-order valence-corrected chi connectivity index (χ3v) is 4.76. The summed E-state index contributed by atoms with van der Waals surface area (Å²) < 4.78 is 4.95. The number of hydrogen-bond acceptors (Lipinski definition) is 4. The fourth-order valence-electron chi connectivity index (χ4n) is 2.60. The second-order valence-electron chi connectivity index (χ2n) is 5.19. The molecule has 0 unspecified atom stereocenters. The van der Waals surface area contributed by atoms with Crippen molar-refractivity contribution in [3.63, 3.8) is 0 Å². The maximum absolute atomic E-state index is 11.8. The van der Waals surface area contributed by atoms with E-state index in [9.17, 15) is 4.79 Å². The number of likely N-dealkylation sites (N-methyl/N-ethyl adjacent to an activating group) is 1. The molecule has 4 heteroatoms. The molecule has 0 bridgehead atoms. The van der Waals surface area contributed by atoms with Crippen LogP contribution >= 0.6 is 11.3 Å². The molecule has 100 valence electrons. The highest BCUT2D eigenvalue weighted by molar-refractivity contribution is 7.09. The molecule has 0 N–H and O–H groups in total. The summed E-state index contributed by atoms with van der Waals surface area (Å²) in [6, 6.07) is 4.25. The van der Waals surface area contributed by atoms with Gasteiger partial charge in [-0.3, -0.25) is 4.79 Å². The van der Waals surface area contributed by atoms with Crippen LogP contribution in [0.3, 0.4) is 0 Å². The lowest BCUT2D eigenvalue weighted by atomic mass is 9.68. The Kier molecular flexibility index (Phi) is 4.40. The molecule has 0 aromatic carbocycles. The lowest BCUT2D eigenvalue weighted by Gasteiger charge is -2.41. The summed E-state index contributed by atoms with van der Waals surface area (Å²) in [6.45, 7) is 1.82. The first-order valence-electron chi connectivity index (χ1n) is 6.46. The summed E-state index contributed by atoms with van der Waals surface area (Å²) in [6.07, 6.45) is 4.16. The summed E-state index contributed by atoms with van der Waals surface area (Å²) in [5.41, 5.74) is -0.223. The Morgan fingerprint density at radius 1 is 1.56 bits per heavy atom. The van der Waals surface area contributed by atoms with Crippen LogP contribution < -0.4 is 0 Å². The molecule has 0 aliphatic heterocycles. The maximum atomic E-state index is 11.8. The summed E-state index contributed by atoms with van der Waals surface area (Å²) >= 11 is 1.80. The Labute approximate surface area is 113 Å². The Morgan fingerprint density at radius 2 is 2.33 bits per heavy atom. The van der Waals surface area contributed by atoms with Gasteiger partial charge in [0.2, 0.25) is 0 Å². The number of hydrogen-bond donors (Lipinski definition) is 0. The molecule has 1 heterocycles. The molecule has 3 nitrogen and oxygen atoms in total. The summed E-state index contributed by atoms with van der Waals surface area (Å²) in [5.74, 6) is -0.0308. The van der Waals surface area contributed by atoms with Gasteiger partial charge < -0.3 is 9.64 Å². The van der Waals surface area contributed by atoms with Crippen LogP contribution in [0.1, 0.15) is 24.1 Å². The van der Waals surface area contributed by atoms with Gasteiger partial charge in [0.05, 0.1) is 12.5 Å². The number of methoxy groups -OCH3 is 1. The maximum Gasteiger partial charge on any atom is 0.313 e. The van der Waals surface area contributed by atoms with Crippen molar-refractivity contribution in [1.82, 2.24) is 4.90 Å². The van der Waals surface area contributed by atoms with E-state index in [-0.39, 0.29) is 11.4 Å². The second kappa shape index (κ2) is 5.85. The van der Waals surface area contributed by atoms with Crippen molar-refractivity contribution < 1.29 is 9.53 Å². The Balaban J connectivity index is 1.82. The van der Waals surface area contributed by atoms with E-state index >= 15 is 0 Å². The minimum atomic E-state index is -0.223. The van der Waals surface area contributed by atoms with E-state index in [0.717, 1.165) is 38.8 Å². The van der Waals surface area contributed by atoms with Gasteiger partial charge in [0, 0.05) is 18.0 Å². The third-order valence-electron chi connectivity index (χ3n) is 3.82. The Bertz CT molecular complexity index is 385. The molecule has 0 atom stereocenters. The van der Waals surface area contributed by atoms with Crippen LogP contribution in [0.15, 0.2) is 17.5 Å². The number of rotatable bonds is 6. The molecule has 2 rings (SSSR count). The van der Waals surface area contributed by atoms with Crippen LogP contribution in [-0.4, -0.2) is 38.1 Å². The highest BCUT2D eigenvalue weighted by Gasteiger charge is 2.45. The van der Waals surface area contributed by atoms with Gasteiger partial charge in [-0.25, -0.2) is 0 Å². The minimum absolute atomic E-state index is 0.0308. The van der Waals surface area contributed by atoms with Crippen molar-refractivity contribution >= 4 is 17.3 Å². The largest absolute Gasteiger partial charge is 0.469 e. The fraction of sp³-hybridized carbons (Fsp3) is 0.643. The van der Waals surface area contributed by atoms with E-state index < -0.39 is 0 Å². The smallest absolute Gasteiger partial charge is 0.313 e. The molecular weight excluding hydrogens is 246 g/mol. The summed E-state index contributed by atoms with van der Waals surface area (Å²) in [7, 11) is 3.59. The Morgan fingerprint density at radius 3 is 2.83 bits per heavy atom. The standard InChI is InChI=1S/C14H21NO2S/c1-15(9-6-12-5-3-10-18-12)11-14(7-4-8-14)13(16)17-2/h3,5,10H,4,6-9,11H2,1-2H3. The summed E-state index contributed by atoms with van der Waals surface area (Å²) in [4.78, 5) is 15.5. The molecule has 0 radical (unpaired) electrons. The topological polar surface area (TPSA) is 29.5 Å². The van der Waals surface area contributed by atoms with E-state index in [2.05, 4.69) is 29.5 Å². The van der Waals surface area contributed by atoms with Crippen LogP contribution in [0.4, 0.5) is 0 Å². The van der Waals surface area contributed by atoms with Crippen LogP contribution in [0, 0.1) is 5.41 Å². The van der Waals surface area contributed by atoms with Crippen molar-refractivity contribution in [3.8, 4) is 0 Å². The van der Waals surface area contributed by atoms with Gasteiger partial charge in [-0.2, -0.15) is 0 Å². The average Bonchev–Trinajstić information content (AvgIpc) is 2.83. The highest BCUT2D eigenvalue weighted by Crippen LogP contribution is 2.42. The van der Waals surface area contributed by atoms with Crippen LogP contribution in [-0.2, 0) is 16.0 Å². The van der Waals surface area contributed by atoms with Gasteiger partial charge in [0.25, 0.3) is 0 Å². The average molecular weight is 267 g/mol. The van der Waals surface area contributed by atoms with Crippen molar-refractivity contribution in [1.29, 1.82) is 0 Å². The number of carbonyl (C=O) groups is 1. The highest BCUT2D eigenvalue weighted by atomic mass is 32.1. The molecule has 1 aliphatic rings. The molecule has 1 aliphatic carbocycles. The van der Waals surface area contributed by atoms with E-state index in [4.69, 9.17) is 4.74 Å². The van der Waals surface area contributed by atoms with E-state index in [1.165, 1.54) is 12.0 Å². The molecule has 1 aromatic rings. The zero-order valence-electron chi connectivity index (χ0n) is 11.1. The fourth-order valence-corrected chi connectivity index (χ4v) is 3.30. The van der Waals surface area contributed by atoms with Gasteiger partial charge in [0.15, 0.2) is 0 Å². The molecule has 1 saturated carbocycles. The molecular formula is C14H21NO2S. The lowest BCUT2D eigenvalue weighted by Crippen LogP contribution is -2.47. The summed E-state index contributed by atoms with van der Waals surface area (Å²) in [5, 5.41) is 2.11. The zero-order valence-corrected chi connectivity index (χ0v) is 12.0. The predicted octanol–water partition coefficient (Wildman–Crippen LogP) is 2.57. The Hall–Kier alpha value is -0.870. The molecule has 0 saturated heterocycles. The van der Waals surface area contributed by atoms with Crippen molar-refractivity contribution in [2.75, 3.05) is 27.2 Å². The van der Waals surface area contributed by atoms with Gasteiger partial charge >= 0.3 is 5.97 Å².